The summed E-state index contributed by atoms with van der Waals surface area (Å²) in [6.07, 6.45) is -0.639. The van der Waals surface area contributed by atoms with Gasteiger partial charge >= 0.3 is 0 Å². The molecule has 0 saturated carbocycles. The summed E-state index contributed by atoms with van der Waals surface area (Å²) in [7, 11) is -3.79. The van der Waals surface area contributed by atoms with E-state index < -0.39 is 16.2 Å². The lowest BCUT2D eigenvalue weighted by molar-refractivity contribution is -0.149. The number of rotatable bonds is 5. The van der Waals surface area contributed by atoms with Crippen molar-refractivity contribution in [2.24, 2.45) is 0 Å². The molecule has 1 saturated heterocycles. The van der Waals surface area contributed by atoms with E-state index >= 15 is 0 Å². The molecule has 1 aliphatic heterocycles. The average molecular weight is 348 g/mol. The molecule has 0 unspecified atom stereocenters. The van der Waals surface area contributed by atoms with Gasteiger partial charge in [0.1, 0.15) is 12.2 Å². The molecule has 24 heavy (non-hydrogen) atoms. The van der Waals surface area contributed by atoms with Crippen molar-refractivity contribution in [1.82, 2.24) is 0 Å². The summed E-state index contributed by atoms with van der Waals surface area (Å²) >= 11 is 0. The number of hydrogen-bond donors (Lipinski definition) is 0. The molecule has 1 fully saturated rings. The molecule has 5 nitrogen and oxygen atoms in total. The largest absolute Gasteiger partial charge is 0.376 e. The van der Waals surface area contributed by atoms with Crippen LogP contribution in [0.3, 0.4) is 0 Å². The van der Waals surface area contributed by atoms with Crippen molar-refractivity contribution in [2.45, 2.75) is 24.0 Å². The Kier molecular flexibility index (Phi) is 5.30. The molecule has 2 aromatic carbocycles. The number of hydrogen-bond acceptors (Lipinski definition) is 5. The molecule has 0 amide bonds. The summed E-state index contributed by atoms with van der Waals surface area (Å²) in [6.45, 7) is 2.59. The average Bonchev–Trinajstić information content (AvgIpc) is 2.61. The Morgan fingerprint density at radius 1 is 1.04 bits per heavy atom. The predicted octanol–water partition coefficient (Wildman–Crippen LogP) is 2.86. The molecular weight excluding hydrogens is 328 g/mol. The first-order valence-corrected chi connectivity index (χ1v) is 9.20. The minimum Gasteiger partial charge on any atom is -0.376 e. The molecule has 0 N–H and O–H groups in total. The molecule has 0 radical (unpaired) electrons. The normalized spacial score (nSPS) is 21.5. The van der Waals surface area contributed by atoms with Gasteiger partial charge in [-0.15, -0.1) is 0 Å². The van der Waals surface area contributed by atoms with Crippen LogP contribution < -0.4 is 0 Å². The standard InChI is InChI=1S/C18H20O5S/c1-14-7-9-17(10-8-14)24(19,20)22-12-16-11-21-13-18(23-16)15-5-3-2-4-6-15/h2-10,16,18H,11-13H2,1H3/t16-,18-/m0/s1. The number of ether oxygens (including phenoxy) is 2. The predicted molar refractivity (Wildman–Crippen MR) is 89.2 cm³/mol. The van der Waals surface area contributed by atoms with Gasteiger partial charge in [-0.05, 0) is 24.6 Å². The lowest BCUT2D eigenvalue weighted by Crippen LogP contribution is -2.35. The molecule has 0 aromatic heterocycles. The van der Waals surface area contributed by atoms with Crippen LogP contribution in [0, 0.1) is 6.92 Å². The third-order valence-electron chi connectivity index (χ3n) is 3.82. The molecule has 0 bridgehead atoms. The summed E-state index contributed by atoms with van der Waals surface area (Å²) in [4.78, 5) is 0.143. The highest BCUT2D eigenvalue weighted by molar-refractivity contribution is 7.86. The van der Waals surface area contributed by atoms with E-state index in [9.17, 15) is 8.42 Å². The monoisotopic (exact) mass is 348 g/mol. The number of benzene rings is 2. The topological polar surface area (TPSA) is 61.8 Å². The first-order chi connectivity index (χ1) is 11.5. The molecule has 0 spiro atoms. The van der Waals surface area contributed by atoms with E-state index in [1.54, 1.807) is 12.1 Å². The second-order valence-corrected chi connectivity index (χ2v) is 7.36. The fraction of sp³-hybridized carbons (Fsp3) is 0.333. The zero-order chi connectivity index (χ0) is 17.0. The van der Waals surface area contributed by atoms with Crippen molar-refractivity contribution in [3.63, 3.8) is 0 Å². The summed E-state index contributed by atoms with van der Waals surface area (Å²) < 4.78 is 41.0. The second kappa shape index (κ2) is 7.44. The van der Waals surface area contributed by atoms with E-state index in [0.717, 1.165) is 11.1 Å². The zero-order valence-corrected chi connectivity index (χ0v) is 14.2. The van der Waals surface area contributed by atoms with E-state index in [4.69, 9.17) is 13.7 Å². The Bertz CT molecular complexity index is 756. The third kappa shape index (κ3) is 4.21. The van der Waals surface area contributed by atoms with Gasteiger partial charge in [-0.1, -0.05) is 48.0 Å². The molecule has 3 rings (SSSR count). The maximum atomic E-state index is 12.2. The third-order valence-corrected chi connectivity index (χ3v) is 5.12. The Hall–Kier alpha value is -1.73. The van der Waals surface area contributed by atoms with Crippen LogP contribution in [0.15, 0.2) is 59.5 Å². The van der Waals surface area contributed by atoms with Crippen LogP contribution in [-0.2, 0) is 23.8 Å². The van der Waals surface area contributed by atoms with Crippen LogP contribution >= 0.6 is 0 Å². The maximum absolute atomic E-state index is 12.2. The minimum absolute atomic E-state index is 0.0699. The first kappa shape index (κ1) is 17.1. The van der Waals surface area contributed by atoms with Gasteiger partial charge in [-0.3, -0.25) is 4.18 Å². The van der Waals surface area contributed by atoms with Crippen LogP contribution in [0.2, 0.25) is 0 Å². The Labute approximate surface area is 142 Å². The molecule has 128 valence electrons. The van der Waals surface area contributed by atoms with Crippen molar-refractivity contribution < 1.29 is 22.1 Å². The molecular formula is C18H20O5S. The quantitative estimate of drug-likeness (QED) is 0.778. The van der Waals surface area contributed by atoms with Crippen molar-refractivity contribution in [3.05, 3.63) is 65.7 Å². The van der Waals surface area contributed by atoms with E-state index in [2.05, 4.69) is 0 Å². The van der Waals surface area contributed by atoms with Crippen molar-refractivity contribution in [2.75, 3.05) is 19.8 Å². The summed E-state index contributed by atoms with van der Waals surface area (Å²) in [5, 5.41) is 0. The van der Waals surface area contributed by atoms with E-state index in [1.165, 1.54) is 12.1 Å². The van der Waals surface area contributed by atoms with Gasteiger partial charge in [0, 0.05) is 0 Å². The lowest BCUT2D eigenvalue weighted by Gasteiger charge is -2.30. The van der Waals surface area contributed by atoms with Crippen molar-refractivity contribution in [1.29, 1.82) is 0 Å². The second-order valence-electron chi connectivity index (χ2n) is 5.75. The SMILES string of the molecule is Cc1ccc(S(=O)(=O)OC[C@@H]2COC[C@@H](c3ccccc3)O2)cc1. The molecule has 1 heterocycles. The van der Waals surface area contributed by atoms with Crippen molar-refractivity contribution in [3.8, 4) is 0 Å². The molecule has 2 atom stereocenters. The Morgan fingerprint density at radius 2 is 1.75 bits per heavy atom. The van der Waals surface area contributed by atoms with Crippen LogP contribution in [0.4, 0.5) is 0 Å². The summed E-state index contributed by atoms with van der Waals surface area (Å²) in [5.74, 6) is 0. The van der Waals surface area contributed by atoms with E-state index in [1.807, 2.05) is 37.3 Å². The lowest BCUT2D eigenvalue weighted by atomic mass is 10.1. The van der Waals surface area contributed by atoms with Crippen molar-refractivity contribution >= 4 is 10.1 Å². The van der Waals surface area contributed by atoms with Crippen LogP contribution in [0.25, 0.3) is 0 Å². The van der Waals surface area contributed by atoms with Crippen LogP contribution in [-0.4, -0.2) is 34.3 Å². The molecule has 0 aliphatic carbocycles. The minimum atomic E-state index is -3.79. The zero-order valence-electron chi connectivity index (χ0n) is 13.4. The fourth-order valence-electron chi connectivity index (χ4n) is 2.49. The van der Waals surface area contributed by atoms with Gasteiger partial charge in [-0.25, -0.2) is 0 Å². The highest BCUT2D eigenvalue weighted by Crippen LogP contribution is 2.24. The van der Waals surface area contributed by atoms with Gasteiger partial charge in [0.2, 0.25) is 0 Å². The van der Waals surface area contributed by atoms with Gasteiger partial charge in [0.25, 0.3) is 10.1 Å². The van der Waals surface area contributed by atoms with Gasteiger partial charge in [0.05, 0.1) is 24.7 Å². The van der Waals surface area contributed by atoms with Crippen LogP contribution in [0.5, 0.6) is 0 Å². The van der Waals surface area contributed by atoms with E-state index in [0.29, 0.717) is 13.2 Å². The highest BCUT2D eigenvalue weighted by atomic mass is 32.2. The Balaban J connectivity index is 1.61. The summed E-state index contributed by atoms with van der Waals surface area (Å²) in [5.41, 5.74) is 1.99. The summed E-state index contributed by atoms with van der Waals surface area (Å²) in [6, 6.07) is 16.3. The molecule has 1 aliphatic rings. The van der Waals surface area contributed by atoms with E-state index in [-0.39, 0.29) is 17.6 Å². The van der Waals surface area contributed by atoms with Gasteiger partial charge in [-0.2, -0.15) is 8.42 Å². The Morgan fingerprint density at radius 3 is 2.46 bits per heavy atom. The highest BCUT2D eigenvalue weighted by Gasteiger charge is 2.26. The number of aryl methyl sites for hydroxylation is 1. The fourth-order valence-corrected chi connectivity index (χ4v) is 3.42. The smallest absolute Gasteiger partial charge is 0.297 e. The molecule has 6 heteroatoms. The van der Waals surface area contributed by atoms with Gasteiger partial charge in [0.15, 0.2) is 0 Å². The first-order valence-electron chi connectivity index (χ1n) is 7.79. The molecule has 2 aromatic rings. The van der Waals surface area contributed by atoms with Crippen LogP contribution in [0.1, 0.15) is 17.2 Å². The maximum Gasteiger partial charge on any atom is 0.297 e. The van der Waals surface area contributed by atoms with Gasteiger partial charge < -0.3 is 9.47 Å².